The van der Waals surface area contributed by atoms with E-state index in [1.54, 1.807) is 6.07 Å². The van der Waals surface area contributed by atoms with E-state index in [9.17, 15) is 9.90 Å². The summed E-state index contributed by atoms with van der Waals surface area (Å²) in [4.78, 5) is 13.5. The zero-order valence-electron chi connectivity index (χ0n) is 10.5. The number of hydrogen-bond acceptors (Lipinski definition) is 4. The number of ether oxygens (including phenoxy) is 1. The highest BCUT2D eigenvalue weighted by molar-refractivity contribution is 5.95. The maximum Gasteiger partial charge on any atom is 0.372 e. The van der Waals surface area contributed by atoms with Crippen LogP contribution in [0.25, 0.3) is 11.0 Å². The Morgan fingerprint density at radius 3 is 2.74 bits per heavy atom. The molecule has 1 saturated heterocycles. The van der Waals surface area contributed by atoms with Crippen LogP contribution in [0.2, 0.25) is 0 Å². The number of fused-ring (bicyclic) bond motifs is 1. The second-order valence-corrected chi connectivity index (χ2v) is 4.60. The molecule has 0 amide bonds. The molecule has 1 fully saturated rings. The number of carboxylic acid groups (broad SMARTS) is 1. The standard InChI is InChI=1S/C14H15NO4/c16-14(17)13-11(9-15-5-7-18-8-6-15)10-3-1-2-4-12(10)19-13/h1-4H,5-9H2,(H,16,17). The van der Waals surface area contributed by atoms with Gasteiger partial charge < -0.3 is 14.3 Å². The summed E-state index contributed by atoms with van der Waals surface area (Å²) in [6, 6.07) is 7.44. The molecule has 0 bridgehead atoms. The molecule has 1 N–H and O–H groups in total. The normalized spacial score (nSPS) is 16.8. The van der Waals surface area contributed by atoms with Crippen molar-refractivity contribution in [1.29, 1.82) is 0 Å². The molecule has 2 heterocycles. The molecule has 0 saturated carbocycles. The molecule has 5 heteroatoms. The zero-order valence-corrected chi connectivity index (χ0v) is 10.5. The van der Waals surface area contributed by atoms with Gasteiger partial charge in [0.15, 0.2) is 0 Å². The van der Waals surface area contributed by atoms with Crippen LogP contribution in [-0.4, -0.2) is 42.3 Å². The lowest BCUT2D eigenvalue weighted by Crippen LogP contribution is -2.35. The van der Waals surface area contributed by atoms with E-state index in [0.717, 1.165) is 24.0 Å². The van der Waals surface area contributed by atoms with Crippen molar-refractivity contribution >= 4 is 16.9 Å². The van der Waals surface area contributed by atoms with E-state index in [0.29, 0.717) is 25.3 Å². The first-order chi connectivity index (χ1) is 9.25. The van der Waals surface area contributed by atoms with Crippen LogP contribution in [0.5, 0.6) is 0 Å². The smallest absolute Gasteiger partial charge is 0.372 e. The topological polar surface area (TPSA) is 62.9 Å². The van der Waals surface area contributed by atoms with Gasteiger partial charge in [0.1, 0.15) is 5.58 Å². The summed E-state index contributed by atoms with van der Waals surface area (Å²) in [5, 5.41) is 10.1. The monoisotopic (exact) mass is 261 g/mol. The van der Waals surface area contributed by atoms with Gasteiger partial charge in [0.05, 0.1) is 13.2 Å². The van der Waals surface area contributed by atoms with Gasteiger partial charge in [-0.25, -0.2) is 4.79 Å². The molecular formula is C14H15NO4. The number of para-hydroxylation sites is 1. The minimum absolute atomic E-state index is 0.0488. The molecule has 100 valence electrons. The SMILES string of the molecule is O=C(O)c1oc2ccccc2c1CN1CCOCC1. The highest BCUT2D eigenvalue weighted by Crippen LogP contribution is 2.27. The fourth-order valence-electron chi connectivity index (χ4n) is 2.41. The summed E-state index contributed by atoms with van der Waals surface area (Å²) in [5.41, 5.74) is 1.38. The molecule has 0 aliphatic carbocycles. The van der Waals surface area contributed by atoms with E-state index in [2.05, 4.69) is 4.90 Å². The molecule has 0 radical (unpaired) electrons. The second kappa shape index (κ2) is 5.03. The van der Waals surface area contributed by atoms with Gasteiger partial charge in [-0.3, -0.25) is 4.90 Å². The number of nitrogens with zero attached hydrogens (tertiary/aromatic N) is 1. The lowest BCUT2D eigenvalue weighted by molar-refractivity contribution is 0.0339. The number of benzene rings is 1. The summed E-state index contributed by atoms with van der Waals surface area (Å²) < 4.78 is 10.7. The number of aromatic carboxylic acids is 1. The molecule has 1 aliphatic heterocycles. The van der Waals surface area contributed by atoms with Gasteiger partial charge in [0.2, 0.25) is 5.76 Å². The zero-order chi connectivity index (χ0) is 13.2. The Bertz CT molecular complexity index is 599. The van der Waals surface area contributed by atoms with Crippen molar-refractivity contribution < 1.29 is 19.1 Å². The van der Waals surface area contributed by atoms with Crippen LogP contribution in [0, 0.1) is 0 Å². The van der Waals surface area contributed by atoms with Crippen LogP contribution in [0.3, 0.4) is 0 Å². The Hall–Kier alpha value is -1.85. The van der Waals surface area contributed by atoms with Crippen molar-refractivity contribution in [3.05, 3.63) is 35.6 Å². The third-order valence-corrected chi connectivity index (χ3v) is 3.38. The van der Waals surface area contributed by atoms with E-state index < -0.39 is 5.97 Å². The number of carbonyl (C=O) groups is 1. The van der Waals surface area contributed by atoms with Crippen molar-refractivity contribution in [3.8, 4) is 0 Å². The number of hydrogen-bond donors (Lipinski definition) is 1. The van der Waals surface area contributed by atoms with Crippen LogP contribution >= 0.6 is 0 Å². The fourth-order valence-corrected chi connectivity index (χ4v) is 2.41. The first-order valence-electron chi connectivity index (χ1n) is 6.29. The van der Waals surface area contributed by atoms with Crippen LogP contribution < -0.4 is 0 Å². The number of carboxylic acids is 1. The van der Waals surface area contributed by atoms with Crippen LogP contribution in [0.4, 0.5) is 0 Å². The largest absolute Gasteiger partial charge is 0.475 e. The molecule has 19 heavy (non-hydrogen) atoms. The molecule has 2 aromatic rings. The Balaban J connectivity index is 1.99. The van der Waals surface area contributed by atoms with Gasteiger partial charge in [0.25, 0.3) is 0 Å². The van der Waals surface area contributed by atoms with Crippen molar-refractivity contribution in [2.75, 3.05) is 26.3 Å². The van der Waals surface area contributed by atoms with Crippen LogP contribution in [-0.2, 0) is 11.3 Å². The molecule has 0 spiro atoms. The van der Waals surface area contributed by atoms with E-state index in [1.165, 1.54) is 0 Å². The molecule has 5 nitrogen and oxygen atoms in total. The summed E-state index contributed by atoms with van der Waals surface area (Å²) in [5.74, 6) is -0.966. The van der Waals surface area contributed by atoms with Gasteiger partial charge in [-0.05, 0) is 6.07 Å². The number of furan rings is 1. The average molecular weight is 261 g/mol. The predicted octanol–water partition coefficient (Wildman–Crippen LogP) is 1.96. The second-order valence-electron chi connectivity index (χ2n) is 4.60. The first kappa shape index (κ1) is 12.2. The maximum absolute atomic E-state index is 11.3. The Labute approximate surface area is 110 Å². The summed E-state index contributed by atoms with van der Waals surface area (Å²) in [6.45, 7) is 3.61. The minimum atomic E-state index is -1.01. The first-order valence-corrected chi connectivity index (χ1v) is 6.29. The van der Waals surface area contributed by atoms with E-state index in [4.69, 9.17) is 9.15 Å². The minimum Gasteiger partial charge on any atom is -0.475 e. The quantitative estimate of drug-likeness (QED) is 0.915. The van der Waals surface area contributed by atoms with E-state index in [-0.39, 0.29) is 5.76 Å². The summed E-state index contributed by atoms with van der Waals surface area (Å²) in [7, 11) is 0. The molecule has 1 aromatic heterocycles. The van der Waals surface area contributed by atoms with Crippen molar-refractivity contribution in [1.82, 2.24) is 4.90 Å². The highest BCUT2D eigenvalue weighted by Gasteiger charge is 2.22. The lowest BCUT2D eigenvalue weighted by atomic mass is 10.1. The molecular weight excluding hydrogens is 246 g/mol. The molecule has 0 unspecified atom stereocenters. The average Bonchev–Trinajstić information content (AvgIpc) is 2.79. The van der Waals surface area contributed by atoms with E-state index in [1.807, 2.05) is 18.2 Å². The van der Waals surface area contributed by atoms with E-state index >= 15 is 0 Å². The van der Waals surface area contributed by atoms with Crippen LogP contribution in [0.1, 0.15) is 16.1 Å². The van der Waals surface area contributed by atoms with Gasteiger partial charge in [-0.15, -0.1) is 0 Å². The van der Waals surface area contributed by atoms with Gasteiger partial charge >= 0.3 is 5.97 Å². The number of rotatable bonds is 3. The maximum atomic E-state index is 11.3. The predicted molar refractivity (Wildman–Crippen MR) is 69.3 cm³/mol. The summed E-state index contributed by atoms with van der Waals surface area (Å²) >= 11 is 0. The molecule has 3 rings (SSSR count). The van der Waals surface area contributed by atoms with Crippen LogP contribution in [0.15, 0.2) is 28.7 Å². The Morgan fingerprint density at radius 2 is 2.00 bits per heavy atom. The number of morpholine rings is 1. The van der Waals surface area contributed by atoms with Crippen molar-refractivity contribution in [3.63, 3.8) is 0 Å². The molecule has 1 aliphatic rings. The fraction of sp³-hybridized carbons (Fsp3) is 0.357. The summed E-state index contributed by atoms with van der Waals surface area (Å²) in [6.07, 6.45) is 0. The van der Waals surface area contributed by atoms with Gasteiger partial charge in [0, 0.05) is 30.6 Å². The molecule has 0 atom stereocenters. The molecule has 1 aromatic carbocycles. The Morgan fingerprint density at radius 1 is 1.26 bits per heavy atom. The Kier molecular flexibility index (Phi) is 3.23. The third kappa shape index (κ3) is 2.34. The lowest BCUT2D eigenvalue weighted by Gasteiger charge is -2.26. The highest BCUT2D eigenvalue weighted by atomic mass is 16.5. The van der Waals surface area contributed by atoms with Gasteiger partial charge in [-0.1, -0.05) is 18.2 Å². The van der Waals surface area contributed by atoms with Gasteiger partial charge in [-0.2, -0.15) is 0 Å². The third-order valence-electron chi connectivity index (χ3n) is 3.38. The van der Waals surface area contributed by atoms with Crippen molar-refractivity contribution in [2.45, 2.75) is 6.54 Å². The van der Waals surface area contributed by atoms with Crippen molar-refractivity contribution in [2.24, 2.45) is 0 Å².